The number of primary amides is 1. The van der Waals surface area contributed by atoms with Crippen molar-refractivity contribution in [3.63, 3.8) is 0 Å². The van der Waals surface area contributed by atoms with Gasteiger partial charge in [-0.15, -0.1) is 0 Å². The number of carbonyl (C=O) groups is 1. The third-order valence-electron chi connectivity index (χ3n) is 3.23. The highest BCUT2D eigenvalue weighted by molar-refractivity contribution is 6.00. The smallest absolute Gasteiger partial charge is 0.259 e. The molecule has 0 unspecified atom stereocenters. The van der Waals surface area contributed by atoms with Crippen LogP contribution < -0.4 is 19.9 Å². The van der Waals surface area contributed by atoms with E-state index in [1.807, 2.05) is 24.3 Å². The fraction of sp³-hybridized carbons (Fsp3) is 0.158. The molecule has 128 valence electrons. The van der Waals surface area contributed by atoms with Crippen LogP contribution in [0, 0.1) is 11.3 Å². The van der Waals surface area contributed by atoms with Gasteiger partial charge in [-0.2, -0.15) is 5.26 Å². The third kappa shape index (κ3) is 5.29. The van der Waals surface area contributed by atoms with Gasteiger partial charge in [-0.3, -0.25) is 4.79 Å². The number of carbonyl (C=O) groups excluding carboxylic acids is 1. The molecule has 0 radical (unpaired) electrons. The van der Waals surface area contributed by atoms with E-state index in [4.69, 9.17) is 25.2 Å². The number of rotatable bonds is 8. The van der Waals surface area contributed by atoms with Gasteiger partial charge in [-0.1, -0.05) is 24.3 Å². The highest BCUT2D eigenvalue weighted by Crippen LogP contribution is 2.25. The van der Waals surface area contributed by atoms with E-state index in [0.29, 0.717) is 36.0 Å². The van der Waals surface area contributed by atoms with Gasteiger partial charge in [0.1, 0.15) is 30.6 Å². The van der Waals surface area contributed by atoms with Crippen LogP contribution in [0.3, 0.4) is 0 Å². The summed E-state index contributed by atoms with van der Waals surface area (Å²) < 4.78 is 16.5. The number of para-hydroxylation sites is 2. The lowest BCUT2D eigenvalue weighted by atomic mass is 10.1. The Morgan fingerprint density at radius 3 is 2.52 bits per heavy atom. The second-order valence-corrected chi connectivity index (χ2v) is 4.95. The number of nitriles is 1. The Morgan fingerprint density at radius 1 is 1.12 bits per heavy atom. The first-order valence-corrected chi connectivity index (χ1v) is 7.54. The van der Waals surface area contributed by atoms with Crippen molar-refractivity contribution in [2.75, 3.05) is 20.3 Å². The van der Waals surface area contributed by atoms with E-state index < -0.39 is 5.91 Å². The minimum absolute atomic E-state index is 0.114. The maximum atomic E-state index is 11.1. The molecule has 0 saturated heterocycles. The summed E-state index contributed by atoms with van der Waals surface area (Å²) in [4.78, 5) is 11.1. The number of nitrogens with zero attached hydrogens (tertiary/aromatic N) is 1. The molecule has 0 bridgehead atoms. The second-order valence-electron chi connectivity index (χ2n) is 4.95. The Hall–Kier alpha value is -3.46. The van der Waals surface area contributed by atoms with E-state index in [9.17, 15) is 4.79 Å². The predicted octanol–water partition coefficient (Wildman–Crippen LogP) is 2.55. The molecule has 6 nitrogen and oxygen atoms in total. The Kier molecular flexibility index (Phi) is 6.43. The van der Waals surface area contributed by atoms with E-state index in [2.05, 4.69) is 0 Å². The lowest BCUT2D eigenvalue weighted by molar-refractivity contribution is -0.114. The van der Waals surface area contributed by atoms with E-state index in [1.54, 1.807) is 37.4 Å². The second kappa shape index (κ2) is 8.99. The molecule has 0 aromatic heterocycles. The van der Waals surface area contributed by atoms with Crippen LogP contribution in [0.2, 0.25) is 0 Å². The zero-order valence-electron chi connectivity index (χ0n) is 13.8. The third-order valence-corrected chi connectivity index (χ3v) is 3.23. The molecule has 0 saturated carbocycles. The van der Waals surface area contributed by atoms with Gasteiger partial charge in [-0.05, 0) is 35.9 Å². The number of ether oxygens (including phenoxy) is 3. The normalized spacial score (nSPS) is 10.6. The number of nitrogens with two attached hydrogens (primary N) is 1. The standard InChI is InChI=1S/C19H18N2O4/c1-23-17-7-2-3-8-18(17)25-10-9-24-16-6-4-5-14(12-16)11-15(13-20)19(21)22/h2-8,11-12H,9-10H2,1H3,(H2,21,22)/b15-11+. The molecular formula is C19H18N2O4. The van der Waals surface area contributed by atoms with Crippen molar-refractivity contribution in [2.45, 2.75) is 0 Å². The monoisotopic (exact) mass is 338 g/mol. The van der Waals surface area contributed by atoms with Crippen molar-refractivity contribution in [1.29, 1.82) is 5.26 Å². The van der Waals surface area contributed by atoms with Crippen LogP contribution in [0.25, 0.3) is 6.08 Å². The summed E-state index contributed by atoms with van der Waals surface area (Å²) in [6.07, 6.45) is 1.42. The van der Waals surface area contributed by atoms with Gasteiger partial charge in [0.2, 0.25) is 0 Å². The highest BCUT2D eigenvalue weighted by atomic mass is 16.5. The lowest BCUT2D eigenvalue weighted by Crippen LogP contribution is -2.12. The van der Waals surface area contributed by atoms with E-state index >= 15 is 0 Å². The first-order valence-electron chi connectivity index (χ1n) is 7.54. The molecule has 0 fully saturated rings. The molecule has 0 spiro atoms. The number of hydrogen-bond acceptors (Lipinski definition) is 5. The molecule has 0 aliphatic carbocycles. The average molecular weight is 338 g/mol. The van der Waals surface area contributed by atoms with E-state index in [0.717, 1.165) is 0 Å². The SMILES string of the molecule is COc1ccccc1OCCOc1cccc(/C=C(\C#N)C(N)=O)c1. The van der Waals surface area contributed by atoms with Crippen LogP contribution in [0.4, 0.5) is 0 Å². The zero-order valence-corrected chi connectivity index (χ0v) is 13.8. The largest absolute Gasteiger partial charge is 0.493 e. The average Bonchev–Trinajstić information content (AvgIpc) is 2.63. The summed E-state index contributed by atoms with van der Waals surface area (Å²) >= 11 is 0. The first-order chi connectivity index (χ1) is 12.1. The summed E-state index contributed by atoms with van der Waals surface area (Å²) in [5, 5.41) is 8.87. The molecule has 0 aliphatic rings. The number of methoxy groups -OCH3 is 1. The van der Waals surface area contributed by atoms with Crippen molar-refractivity contribution in [3.8, 4) is 23.3 Å². The van der Waals surface area contributed by atoms with Crippen molar-refractivity contribution in [3.05, 3.63) is 59.7 Å². The van der Waals surface area contributed by atoms with Gasteiger partial charge < -0.3 is 19.9 Å². The molecule has 2 aromatic rings. The quantitative estimate of drug-likeness (QED) is 0.453. The molecule has 25 heavy (non-hydrogen) atoms. The Labute approximate surface area is 146 Å². The molecule has 2 rings (SSSR count). The van der Waals surface area contributed by atoms with Crippen LogP contribution in [-0.2, 0) is 4.79 Å². The fourth-order valence-corrected chi connectivity index (χ4v) is 2.07. The number of benzene rings is 2. The van der Waals surface area contributed by atoms with Gasteiger partial charge in [0.25, 0.3) is 5.91 Å². The van der Waals surface area contributed by atoms with Gasteiger partial charge in [-0.25, -0.2) is 0 Å². The molecule has 0 heterocycles. The number of hydrogen-bond donors (Lipinski definition) is 1. The van der Waals surface area contributed by atoms with E-state index in [-0.39, 0.29) is 5.57 Å². The van der Waals surface area contributed by atoms with Crippen LogP contribution in [0.15, 0.2) is 54.1 Å². The topological polar surface area (TPSA) is 94.6 Å². The summed E-state index contributed by atoms with van der Waals surface area (Å²) in [5.41, 5.74) is 5.66. The molecular weight excluding hydrogens is 320 g/mol. The van der Waals surface area contributed by atoms with Crippen molar-refractivity contribution < 1.29 is 19.0 Å². The van der Waals surface area contributed by atoms with Gasteiger partial charge in [0.15, 0.2) is 11.5 Å². The summed E-state index contributed by atoms with van der Waals surface area (Å²) in [5.74, 6) is 1.13. The fourth-order valence-electron chi connectivity index (χ4n) is 2.07. The molecule has 0 atom stereocenters. The van der Waals surface area contributed by atoms with Crippen molar-refractivity contribution >= 4 is 12.0 Å². The summed E-state index contributed by atoms with van der Waals surface area (Å²) in [6.45, 7) is 0.664. The highest BCUT2D eigenvalue weighted by Gasteiger charge is 2.05. The molecule has 1 amide bonds. The maximum absolute atomic E-state index is 11.1. The Balaban J connectivity index is 1.93. The Morgan fingerprint density at radius 2 is 1.84 bits per heavy atom. The molecule has 0 aliphatic heterocycles. The zero-order chi connectivity index (χ0) is 18.1. The van der Waals surface area contributed by atoms with Crippen molar-refractivity contribution in [2.24, 2.45) is 5.73 Å². The molecule has 6 heteroatoms. The van der Waals surface area contributed by atoms with Gasteiger partial charge in [0, 0.05) is 0 Å². The van der Waals surface area contributed by atoms with Gasteiger partial charge in [0.05, 0.1) is 7.11 Å². The van der Waals surface area contributed by atoms with Gasteiger partial charge >= 0.3 is 0 Å². The Bertz CT molecular complexity index is 809. The van der Waals surface area contributed by atoms with E-state index in [1.165, 1.54) is 6.08 Å². The number of amides is 1. The van der Waals surface area contributed by atoms with Crippen LogP contribution >= 0.6 is 0 Å². The summed E-state index contributed by atoms with van der Waals surface area (Å²) in [6, 6.07) is 16.1. The van der Waals surface area contributed by atoms with Crippen molar-refractivity contribution in [1.82, 2.24) is 0 Å². The predicted molar refractivity (Wildman–Crippen MR) is 93.2 cm³/mol. The lowest BCUT2D eigenvalue weighted by Gasteiger charge is -2.11. The molecule has 2 N–H and O–H groups in total. The van der Waals surface area contributed by atoms with Crippen LogP contribution in [-0.4, -0.2) is 26.2 Å². The molecule has 2 aromatic carbocycles. The minimum Gasteiger partial charge on any atom is -0.493 e. The summed E-state index contributed by atoms with van der Waals surface area (Å²) in [7, 11) is 1.58. The minimum atomic E-state index is -0.765. The maximum Gasteiger partial charge on any atom is 0.259 e. The van der Waals surface area contributed by atoms with Crippen LogP contribution in [0.5, 0.6) is 17.2 Å². The first kappa shape index (κ1) is 17.9. The van der Waals surface area contributed by atoms with Crippen LogP contribution in [0.1, 0.15) is 5.56 Å².